The zero-order valence-corrected chi connectivity index (χ0v) is 17.7. The van der Waals surface area contributed by atoms with Crippen molar-refractivity contribution >= 4 is 39.2 Å². The van der Waals surface area contributed by atoms with Gasteiger partial charge >= 0.3 is 11.9 Å². The second-order valence-electron chi connectivity index (χ2n) is 7.43. The number of hydrogen-bond acceptors (Lipinski definition) is 6. The first kappa shape index (κ1) is 21.4. The monoisotopic (exact) mass is 466 g/mol. The first-order valence-corrected chi connectivity index (χ1v) is 11.4. The van der Waals surface area contributed by atoms with Gasteiger partial charge in [-0.25, -0.2) is 17.9 Å². The molecule has 0 saturated heterocycles. The Morgan fingerprint density at radius 3 is 2.52 bits per heavy atom. The van der Waals surface area contributed by atoms with E-state index in [-0.39, 0.29) is 21.7 Å². The van der Waals surface area contributed by atoms with E-state index in [1.165, 1.54) is 24.3 Å². The van der Waals surface area contributed by atoms with Gasteiger partial charge in [0, 0.05) is 23.4 Å². The van der Waals surface area contributed by atoms with Crippen LogP contribution in [0.5, 0.6) is 17.2 Å². The number of ether oxygens (including phenoxy) is 1. The average molecular weight is 467 g/mol. The Balaban J connectivity index is 1.67. The van der Waals surface area contributed by atoms with Gasteiger partial charge in [-0.15, -0.1) is 0 Å². The molecular formula is C20H19ClN2O7S. The fourth-order valence-corrected chi connectivity index (χ4v) is 5.17. The number of aromatic hydroxyl groups is 1. The molecule has 1 fully saturated rings. The molecule has 2 aliphatic rings. The van der Waals surface area contributed by atoms with E-state index in [9.17, 15) is 23.1 Å². The van der Waals surface area contributed by atoms with Crippen LogP contribution in [-0.4, -0.2) is 36.5 Å². The number of rotatable bonds is 6. The summed E-state index contributed by atoms with van der Waals surface area (Å²) in [7, 11) is -3.91. The molecule has 0 atom stereocenters. The number of carbonyl (C=O) groups is 2. The molecule has 2 aromatic rings. The fraction of sp³-hybridized carbons (Fsp3) is 0.300. The molecule has 31 heavy (non-hydrogen) atoms. The first-order chi connectivity index (χ1) is 14.7. The fourth-order valence-electron chi connectivity index (χ4n) is 3.49. The van der Waals surface area contributed by atoms with Crippen LogP contribution in [0.25, 0.3) is 0 Å². The second-order valence-corrected chi connectivity index (χ2v) is 9.52. The number of phenolic OH excluding ortho intramolecular Hbond substituents is 1. The van der Waals surface area contributed by atoms with Crippen LogP contribution in [0, 0.1) is 0 Å². The highest BCUT2D eigenvalue weighted by Crippen LogP contribution is 2.44. The topological polar surface area (TPSA) is 142 Å². The molecule has 0 bridgehead atoms. The van der Waals surface area contributed by atoms with Gasteiger partial charge in [-0.05, 0) is 55.9 Å². The third-order valence-electron chi connectivity index (χ3n) is 5.09. The summed E-state index contributed by atoms with van der Waals surface area (Å²) in [5, 5.41) is 21.4. The third-order valence-corrected chi connectivity index (χ3v) is 6.92. The van der Waals surface area contributed by atoms with Gasteiger partial charge < -0.3 is 20.3 Å². The van der Waals surface area contributed by atoms with Gasteiger partial charge in [0.2, 0.25) is 10.0 Å². The molecule has 1 amide bonds. The van der Waals surface area contributed by atoms with Crippen molar-refractivity contribution in [1.29, 1.82) is 0 Å². The molecule has 0 aliphatic heterocycles. The Morgan fingerprint density at radius 2 is 1.84 bits per heavy atom. The van der Waals surface area contributed by atoms with E-state index in [1.807, 2.05) is 0 Å². The number of carboxylic acids is 1. The lowest BCUT2D eigenvalue weighted by atomic mass is 10.1. The van der Waals surface area contributed by atoms with Crippen LogP contribution in [0.2, 0.25) is 5.02 Å². The van der Waals surface area contributed by atoms with Crippen LogP contribution >= 0.6 is 11.6 Å². The molecule has 0 spiro atoms. The number of carboxylic acid groups (broad SMARTS) is 1. The normalized spacial score (nSPS) is 15.4. The van der Waals surface area contributed by atoms with E-state index in [2.05, 4.69) is 10.0 Å². The summed E-state index contributed by atoms with van der Waals surface area (Å²) in [5.41, 5.74) is 1.73. The standard InChI is InChI=1S/C20H19ClN2O7S/c21-14-9-15(22-19(25)20(26)27)12-2-1-3-13(12)18(14)30-11-6-7-16(24)17(8-11)31(28,29)23-10-4-5-10/h6-10,23-24H,1-5H2,(H,22,25)(H,26,27). The van der Waals surface area contributed by atoms with Crippen molar-refractivity contribution in [2.45, 2.75) is 43.0 Å². The van der Waals surface area contributed by atoms with Crippen LogP contribution in [0.3, 0.4) is 0 Å². The van der Waals surface area contributed by atoms with Crippen molar-refractivity contribution in [3.63, 3.8) is 0 Å². The third kappa shape index (κ3) is 4.46. The number of nitrogens with one attached hydrogen (secondary N) is 2. The number of halogens is 1. The average Bonchev–Trinajstić information content (AvgIpc) is 3.36. The van der Waals surface area contributed by atoms with Crippen molar-refractivity contribution < 1.29 is 33.0 Å². The number of benzene rings is 2. The summed E-state index contributed by atoms with van der Waals surface area (Å²) in [4.78, 5) is 22.1. The summed E-state index contributed by atoms with van der Waals surface area (Å²) in [6, 6.07) is 5.16. The smallest absolute Gasteiger partial charge is 0.394 e. The van der Waals surface area contributed by atoms with Crippen molar-refractivity contribution in [2.24, 2.45) is 0 Å². The summed E-state index contributed by atoms with van der Waals surface area (Å²) < 4.78 is 33.5. The van der Waals surface area contributed by atoms with Crippen LogP contribution in [-0.2, 0) is 32.5 Å². The molecule has 2 aliphatic carbocycles. The Hall–Kier alpha value is -2.82. The lowest BCUT2D eigenvalue weighted by Gasteiger charge is -2.17. The van der Waals surface area contributed by atoms with Crippen LogP contribution in [0.15, 0.2) is 29.2 Å². The zero-order valence-electron chi connectivity index (χ0n) is 16.1. The maximum atomic E-state index is 12.5. The van der Waals surface area contributed by atoms with Crippen LogP contribution in [0.4, 0.5) is 5.69 Å². The molecule has 4 N–H and O–H groups in total. The number of phenols is 1. The first-order valence-electron chi connectivity index (χ1n) is 9.57. The van der Waals surface area contributed by atoms with Gasteiger partial charge in [0.25, 0.3) is 0 Å². The second kappa shape index (κ2) is 8.03. The molecular weight excluding hydrogens is 448 g/mol. The molecule has 11 heteroatoms. The predicted octanol–water partition coefficient (Wildman–Crippen LogP) is 2.79. The highest BCUT2D eigenvalue weighted by atomic mass is 35.5. The maximum absolute atomic E-state index is 12.5. The summed E-state index contributed by atoms with van der Waals surface area (Å²) in [6.07, 6.45) is 3.44. The minimum atomic E-state index is -3.91. The Kier molecular flexibility index (Phi) is 5.54. The van der Waals surface area contributed by atoms with Crippen molar-refractivity contribution in [1.82, 2.24) is 4.72 Å². The molecule has 9 nitrogen and oxygen atoms in total. The van der Waals surface area contributed by atoms with Crippen molar-refractivity contribution in [2.75, 3.05) is 5.32 Å². The Labute approximate surface area is 183 Å². The van der Waals surface area contributed by atoms with E-state index in [1.54, 1.807) is 0 Å². The number of hydrogen-bond donors (Lipinski definition) is 4. The van der Waals surface area contributed by atoms with Crippen LogP contribution < -0.4 is 14.8 Å². The lowest BCUT2D eigenvalue weighted by molar-refractivity contribution is -0.147. The number of amides is 1. The summed E-state index contributed by atoms with van der Waals surface area (Å²) >= 11 is 6.36. The van der Waals surface area contributed by atoms with E-state index in [4.69, 9.17) is 21.4 Å². The minimum Gasteiger partial charge on any atom is -0.507 e. The molecule has 1 saturated carbocycles. The maximum Gasteiger partial charge on any atom is 0.394 e. The van der Waals surface area contributed by atoms with E-state index >= 15 is 0 Å². The number of anilines is 1. The predicted molar refractivity (Wildman–Crippen MR) is 111 cm³/mol. The summed E-state index contributed by atoms with van der Waals surface area (Å²) in [5.74, 6) is -2.72. The van der Waals surface area contributed by atoms with Gasteiger partial charge in [-0.3, -0.25) is 4.79 Å². The lowest BCUT2D eigenvalue weighted by Crippen LogP contribution is -2.25. The van der Waals surface area contributed by atoms with Crippen molar-refractivity contribution in [3.05, 3.63) is 40.4 Å². The molecule has 0 aromatic heterocycles. The van der Waals surface area contributed by atoms with Gasteiger partial charge in [0.1, 0.15) is 22.1 Å². The van der Waals surface area contributed by atoms with E-state index in [0.29, 0.717) is 29.8 Å². The highest BCUT2D eigenvalue weighted by molar-refractivity contribution is 7.89. The number of aliphatic carboxylic acids is 1. The molecule has 0 unspecified atom stereocenters. The molecule has 4 rings (SSSR count). The van der Waals surface area contributed by atoms with Crippen LogP contribution in [0.1, 0.15) is 30.4 Å². The SMILES string of the molecule is O=C(O)C(=O)Nc1cc(Cl)c(Oc2ccc(O)c(S(=O)(=O)NC3CC3)c2)c2c1CCC2. The number of carbonyl (C=O) groups excluding carboxylic acids is 1. The Bertz CT molecular complexity index is 1190. The van der Waals surface area contributed by atoms with E-state index < -0.39 is 27.6 Å². The number of fused-ring (bicyclic) bond motifs is 1. The van der Waals surface area contributed by atoms with Gasteiger partial charge in [0.15, 0.2) is 0 Å². The molecule has 0 heterocycles. The largest absolute Gasteiger partial charge is 0.507 e. The van der Waals surface area contributed by atoms with Gasteiger partial charge in [-0.2, -0.15) is 0 Å². The molecule has 2 aromatic carbocycles. The molecule has 0 radical (unpaired) electrons. The van der Waals surface area contributed by atoms with Crippen molar-refractivity contribution in [3.8, 4) is 17.2 Å². The highest BCUT2D eigenvalue weighted by Gasteiger charge is 2.30. The summed E-state index contributed by atoms with van der Waals surface area (Å²) in [6.45, 7) is 0. The zero-order chi connectivity index (χ0) is 22.3. The Morgan fingerprint density at radius 1 is 1.13 bits per heavy atom. The number of sulfonamides is 1. The van der Waals surface area contributed by atoms with E-state index in [0.717, 1.165) is 24.8 Å². The van der Waals surface area contributed by atoms with Gasteiger partial charge in [0.05, 0.1) is 5.02 Å². The quantitative estimate of drug-likeness (QED) is 0.479. The minimum absolute atomic E-state index is 0.125. The van der Waals surface area contributed by atoms with Gasteiger partial charge in [-0.1, -0.05) is 11.6 Å². The molecule has 164 valence electrons.